The molecule has 9 heteroatoms. The van der Waals surface area contributed by atoms with Gasteiger partial charge < -0.3 is 10.2 Å². The quantitative estimate of drug-likeness (QED) is 0.598. The molecule has 2 aliphatic rings. The molecule has 3 aromatic heterocycles. The third-order valence-electron chi connectivity index (χ3n) is 6.45. The van der Waals surface area contributed by atoms with Gasteiger partial charge in [-0.1, -0.05) is 0 Å². The van der Waals surface area contributed by atoms with E-state index in [9.17, 15) is 14.9 Å². The number of aryl methyl sites for hydroxylation is 3. The molecular formula is C24H27N5O2S2. The van der Waals surface area contributed by atoms with Crippen molar-refractivity contribution in [2.45, 2.75) is 64.5 Å². The Kier molecular flexibility index (Phi) is 6.08. The molecule has 0 aliphatic heterocycles. The highest BCUT2D eigenvalue weighted by Crippen LogP contribution is 2.38. The highest BCUT2D eigenvalue weighted by Gasteiger charge is 2.25. The average Bonchev–Trinajstić information content (AvgIpc) is 3.33. The highest BCUT2D eigenvalue weighted by atomic mass is 32.1. The zero-order chi connectivity index (χ0) is 23.1. The number of carbonyl (C=O) groups excluding carboxylic acids is 1. The van der Waals surface area contributed by atoms with Gasteiger partial charge in [-0.25, -0.2) is 4.98 Å². The number of anilines is 1. The van der Waals surface area contributed by atoms with Gasteiger partial charge in [0.1, 0.15) is 28.3 Å². The van der Waals surface area contributed by atoms with E-state index in [4.69, 9.17) is 4.98 Å². The third-order valence-corrected chi connectivity index (χ3v) is 8.84. The maximum atomic E-state index is 13.6. The lowest BCUT2D eigenvalue weighted by Crippen LogP contribution is -2.33. The zero-order valence-electron chi connectivity index (χ0n) is 19.0. The van der Waals surface area contributed by atoms with E-state index in [1.165, 1.54) is 25.7 Å². The van der Waals surface area contributed by atoms with Crippen LogP contribution < -0.4 is 10.9 Å². The van der Waals surface area contributed by atoms with E-state index in [0.717, 1.165) is 67.3 Å². The largest absolute Gasteiger partial charge is 0.315 e. The fourth-order valence-electron chi connectivity index (χ4n) is 4.93. The fraction of sp³-hybridized carbons (Fsp3) is 0.500. The summed E-state index contributed by atoms with van der Waals surface area (Å²) >= 11 is 3.13. The number of nitrogens with zero attached hydrogens (tertiary/aromatic N) is 4. The number of aromatic nitrogens is 2. The van der Waals surface area contributed by atoms with Gasteiger partial charge in [0.2, 0.25) is 5.91 Å². The number of thiophene rings is 2. The molecule has 0 aromatic carbocycles. The Morgan fingerprint density at radius 2 is 1.76 bits per heavy atom. The first kappa shape index (κ1) is 22.3. The van der Waals surface area contributed by atoms with E-state index < -0.39 is 0 Å². The first-order valence-corrected chi connectivity index (χ1v) is 13.1. The summed E-state index contributed by atoms with van der Waals surface area (Å²) in [6, 6.07) is 2.29. The van der Waals surface area contributed by atoms with Gasteiger partial charge in [-0.05, 0) is 76.6 Å². The van der Waals surface area contributed by atoms with Crippen molar-refractivity contribution in [2.75, 3.05) is 19.4 Å². The van der Waals surface area contributed by atoms with Crippen LogP contribution >= 0.6 is 22.7 Å². The molecule has 5 rings (SSSR count). The van der Waals surface area contributed by atoms with E-state index in [-0.39, 0.29) is 18.0 Å². The van der Waals surface area contributed by atoms with Gasteiger partial charge in [-0.3, -0.25) is 14.2 Å². The number of hydrogen-bond acceptors (Lipinski definition) is 7. The second kappa shape index (κ2) is 9.01. The summed E-state index contributed by atoms with van der Waals surface area (Å²) in [7, 11) is 3.85. The fourth-order valence-corrected chi connectivity index (χ4v) is 7.46. The molecule has 0 fully saturated rings. The Hall–Kier alpha value is -2.54. The van der Waals surface area contributed by atoms with Crippen LogP contribution in [0.3, 0.4) is 0 Å². The molecule has 1 N–H and O–H groups in total. The first-order valence-electron chi connectivity index (χ1n) is 11.5. The molecule has 0 saturated carbocycles. The van der Waals surface area contributed by atoms with Gasteiger partial charge in [0.25, 0.3) is 5.56 Å². The molecule has 2 aliphatic carbocycles. The molecule has 3 heterocycles. The van der Waals surface area contributed by atoms with Crippen LogP contribution in [0.4, 0.5) is 5.00 Å². The number of hydrogen-bond donors (Lipinski definition) is 1. The topological polar surface area (TPSA) is 91.0 Å². The molecule has 1 amide bonds. The summed E-state index contributed by atoms with van der Waals surface area (Å²) in [6.45, 7) is 0.362. The van der Waals surface area contributed by atoms with Crippen LogP contribution in [0.1, 0.15) is 58.0 Å². The zero-order valence-corrected chi connectivity index (χ0v) is 20.6. The van der Waals surface area contributed by atoms with Crippen LogP contribution in [0.25, 0.3) is 10.2 Å². The number of amides is 1. The third kappa shape index (κ3) is 4.12. The summed E-state index contributed by atoms with van der Waals surface area (Å²) in [6.07, 6.45) is 8.17. The second-order valence-electron chi connectivity index (χ2n) is 9.12. The summed E-state index contributed by atoms with van der Waals surface area (Å²) in [5.41, 5.74) is 2.67. The normalized spacial score (nSPS) is 15.3. The number of nitrogens with one attached hydrogen (secondary N) is 1. The molecule has 7 nitrogen and oxygen atoms in total. The van der Waals surface area contributed by atoms with Crippen LogP contribution in [0.5, 0.6) is 0 Å². The predicted molar refractivity (Wildman–Crippen MR) is 132 cm³/mol. The Bertz CT molecular complexity index is 1340. The van der Waals surface area contributed by atoms with Crippen LogP contribution in [0, 0.1) is 11.3 Å². The molecule has 0 radical (unpaired) electrons. The molecule has 33 heavy (non-hydrogen) atoms. The molecule has 0 unspecified atom stereocenters. The van der Waals surface area contributed by atoms with Gasteiger partial charge in [-0.15, -0.1) is 22.7 Å². The average molecular weight is 482 g/mol. The van der Waals surface area contributed by atoms with E-state index in [1.54, 1.807) is 11.3 Å². The maximum absolute atomic E-state index is 13.6. The van der Waals surface area contributed by atoms with Crippen LogP contribution in [-0.2, 0) is 43.6 Å². The van der Waals surface area contributed by atoms with Gasteiger partial charge in [0.15, 0.2) is 0 Å². The Balaban J connectivity index is 1.51. The summed E-state index contributed by atoms with van der Waals surface area (Å²) in [5, 5.41) is 13.9. The minimum atomic E-state index is -0.294. The maximum Gasteiger partial charge on any atom is 0.263 e. The lowest BCUT2D eigenvalue weighted by atomic mass is 9.96. The van der Waals surface area contributed by atoms with E-state index in [2.05, 4.69) is 11.4 Å². The molecule has 0 atom stereocenters. The number of rotatable bonds is 5. The lowest BCUT2D eigenvalue weighted by Gasteiger charge is -2.16. The van der Waals surface area contributed by atoms with Crippen molar-refractivity contribution in [3.63, 3.8) is 0 Å². The van der Waals surface area contributed by atoms with Gasteiger partial charge in [0, 0.05) is 9.75 Å². The minimum Gasteiger partial charge on any atom is -0.315 e. The molecule has 0 bridgehead atoms. The smallest absolute Gasteiger partial charge is 0.263 e. The Labute approximate surface area is 200 Å². The lowest BCUT2D eigenvalue weighted by molar-refractivity contribution is -0.116. The number of nitriles is 1. The van der Waals surface area contributed by atoms with Crippen LogP contribution in [0.15, 0.2) is 4.79 Å². The van der Waals surface area contributed by atoms with Crippen molar-refractivity contribution in [3.05, 3.63) is 42.6 Å². The van der Waals surface area contributed by atoms with Gasteiger partial charge in [-0.2, -0.15) is 5.26 Å². The molecule has 3 aromatic rings. The Morgan fingerprint density at radius 3 is 2.45 bits per heavy atom. The van der Waals surface area contributed by atoms with Gasteiger partial charge >= 0.3 is 0 Å². The number of fused-ring (bicyclic) bond motifs is 4. The van der Waals surface area contributed by atoms with Crippen molar-refractivity contribution in [3.8, 4) is 6.07 Å². The standard InChI is InChI=1S/C24H27N5O2S2/c1-28(2)12-19-26-23-21(15-8-4-6-10-18(15)33-23)24(31)29(19)13-20(30)27-22-16(11-25)14-7-3-5-9-17(14)32-22/h3-10,12-13H2,1-2H3,(H,27,30). The van der Waals surface area contributed by atoms with E-state index in [1.807, 2.05) is 19.0 Å². The molecule has 0 spiro atoms. The van der Waals surface area contributed by atoms with Gasteiger partial charge in [0.05, 0.1) is 17.5 Å². The Morgan fingerprint density at radius 1 is 1.09 bits per heavy atom. The van der Waals surface area contributed by atoms with Crippen molar-refractivity contribution in [1.82, 2.24) is 14.5 Å². The molecule has 0 saturated heterocycles. The summed E-state index contributed by atoms with van der Waals surface area (Å²) < 4.78 is 1.53. The summed E-state index contributed by atoms with van der Waals surface area (Å²) in [4.78, 5) is 36.8. The van der Waals surface area contributed by atoms with Crippen molar-refractivity contribution in [2.24, 2.45) is 0 Å². The van der Waals surface area contributed by atoms with Crippen molar-refractivity contribution >= 4 is 43.8 Å². The monoisotopic (exact) mass is 481 g/mol. The molecule has 172 valence electrons. The molecular weight excluding hydrogens is 454 g/mol. The minimum absolute atomic E-state index is 0.108. The second-order valence-corrected chi connectivity index (χ2v) is 11.3. The summed E-state index contributed by atoms with van der Waals surface area (Å²) in [5.74, 6) is 0.301. The SMILES string of the molecule is CN(C)Cc1nc2sc3c(c2c(=O)n1CC(=O)Nc1sc2c(c1C#N)CCCC2)CCCC3. The van der Waals surface area contributed by atoms with E-state index in [0.29, 0.717) is 28.3 Å². The van der Waals surface area contributed by atoms with Crippen molar-refractivity contribution in [1.29, 1.82) is 5.26 Å². The highest BCUT2D eigenvalue weighted by molar-refractivity contribution is 7.18. The number of carbonyl (C=O) groups is 1. The van der Waals surface area contributed by atoms with Crippen LogP contribution in [0.2, 0.25) is 0 Å². The first-order chi connectivity index (χ1) is 16.0. The van der Waals surface area contributed by atoms with Crippen molar-refractivity contribution < 1.29 is 4.79 Å². The van der Waals surface area contributed by atoms with Crippen LogP contribution in [-0.4, -0.2) is 34.5 Å². The predicted octanol–water partition coefficient (Wildman–Crippen LogP) is 3.85. The van der Waals surface area contributed by atoms with E-state index >= 15 is 0 Å².